The van der Waals surface area contributed by atoms with Crippen LogP contribution in [0.1, 0.15) is 17.1 Å². The summed E-state index contributed by atoms with van der Waals surface area (Å²) >= 11 is 1.68. The van der Waals surface area contributed by atoms with E-state index in [0.717, 1.165) is 22.6 Å². The Morgan fingerprint density at radius 1 is 0.947 bits per heavy atom. The van der Waals surface area contributed by atoms with Crippen LogP contribution in [0.15, 0.2) is 41.4 Å². The van der Waals surface area contributed by atoms with Gasteiger partial charge in [-0.1, -0.05) is 17.7 Å². The fourth-order valence-corrected chi connectivity index (χ4v) is 2.90. The van der Waals surface area contributed by atoms with Gasteiger partial charge in [-0.15, -0.1) is 0 Å². The number of hydrogen-bond donors (Lipinski definition) is 0. The Balaban J connectivity index is 2.03. The maximum atomic E-state index is 4.54. The average molecular weight is 269 g/mol. The van der Waals surface area contributed by atoms with Gasteiger partial charge in [-0.25, -0.2) is 9.97 Å². The Kier molecular flexibility index (Phi) is 3.03. The van der Waals surface area contributed by atoms with Gasteiger partial charge in [-0.2, -0.15) is 0 Å². The Morgan fingerprint density at radius 2 is 1.68 bits per heavy atom. The molecule has 3 aromatic rings. The van der Waals surface area contributed by atoms with Gasteiger partial charge in [0.25, 0.3) is 0 Å². The van der Waals surface area contributed by atoms with E-state index in [0.29, 0.717) is 0 Å². The zero-order valence-electron chi connectivity index (χ0n) is 11.2. The molecule has 0 aliphatic heterocycles. The molecule has 0 N–H and O–H groups in total. The van der Waals surface area contributed by atoms with Gasteiger partial charge in [-0.05, 0) is 50.9 Å². The predicted octanol–water partition coefficient (Wildman–Crippen LogP) is 3.91. The van der Waals surface area contributed by atoms with Crippen molar-refractivity contribution in [2.24, 2.45) is 0 Å². The van der Waals surface area contributed by atoms with Crippen LogP contribution in [0.5, 0.6) is 0 Å². The summed E-state index contributed by atoms with van der Waals surface area (Å²) in [5.41, 5.74) is 3.29. The molecule has 0 spiro atoms. The highest BCUT2D eigenvalue weighted by Crippen LogP contribution is 2.26. The molecule has 0 saturated carbocycles. The van der Waals surface area contributed by atoms with Crippen LogP contribution in [-0.2, 0) is 0 Å². The molecule has 19 heavy (non-hydrogen) atoms. The first-order chi connectivity index (χ1) is 9.13. The second-order valence-electron chi connectivity index (χ2n) is 4.64. The molecule has 0 atom stereocenters. The highest BCUT2D eigenvalue weighted by molar-refractivity contribution is 7.98. The number of benzene rings is 1. The first-order valence-electron chi connectivity index (χ1n) is 6.21. The number of rotatable bonds is 2. The summed E-state index contributed by atoms with van der Waals surface area (Å²) in [4.78, 5) is 10.1. The van der Waals surface area contributed by atoms with Crippen LogP contribution in [0.2, 0.25) is 0 Å². The fraction of sp³-hybridized carbons (Fsp3) is 0.200. The standard InChI is InChI=1S/C15H15N3S/c1-10-4-6-13(7-5-10)19-18-9-8-14-11(2)16-12(3)17-15(14)18/h4-9H,1-3H3. The predicted molar refractivity (Wildman–Crippen MR) is 79.4 cm³/mol. The zero-order chi connectivity index (χ0) is 13.4. The maximum Gasteiger partial charge on any atom is 0.154 e. The van der Waals surface area contributed by atoms with Crippen molar-refractivity contribution in [3.63, 3.8) is 0 Å². The van der Waals surface area contributed by atoms with E-state index in [9.17, 15) is 0 Å². The van der Waals surface area contributed by atoms with Gasteiger partial charge in [0.15, 0.2) is 5.65 Å². The van der Waals surface area contributed by atoms with Gasteiger partial charge < -0.3 is 0 Å². The molecule has 0 saturated heterocycles. The minimum absolute atomic E-state index is 0.814. The molecule has 0 bridgehead atoms. The third-order valence-electron chi connectivity index (χ3n) is 3.04. The summed E-state index contributed by atoms with van der Waals surface area (Å²) in [6, 6.07) is 10.6. The molecule has 0 amide bonds. The lowest BCUT2D eigenvalue weighted by Gasteiger charge is -2.05. The van der Waals surface area contributed by atoms with Crippen LogP contribution >= 0.6 is 11.9 Å². The van der Waals surface area contributed by atoms with Crippen molar-refractivity contribution in [2.75, 3.05) is 0 Å². The van der Waals surface area contributed by atoms with Gasteiger partial charge in [-0.3, -0.25) is 3.97 Å². The first-order valence-corrected chi connectivity index (χ1v) is 6.98. The molecule has 3 rings (SSSR count). The van der Waals surface area contributed by atoms with Gasteiger partial charge in [0.1, 0.15) is 5.82 Å². The van der Waals surface area contributed by atoms with Crippen LogP contribution in [-0.4, -0.2) is 13.9 Å². The van der Waals surface area contributed by atoms with E-state index in [1.54, 1.807) is 11.9 Å². The van der Waals surface area contributed by atoms with Crippen LogP contribution < -0.4 is 0 Å². The molecule has 0 aliphatic carbocycles. The number of fused-ring (bicyclic) bond motifs is 1. The number of aryl methyl sites for hydroxylation is 3. The lowest BCUT2D eigenvalue weighted by Crippen LogP contribution is -1.95. The summed E-state index contributed by atoms with van der Waals surface area (Å²) in [7, 11) is 0. The van der Waals surface area contributed by atoms with Gasteiger partial charge in [0, 0.05) is 16.5 Å². The first kappa shape index (κ1) is 12.2. The monoisotopic (exact) mass is 269 g/mol. The van der Waals surface area contributed by atoms with E-state index in [1.165, 1.54) is 10.5 Å². The minimum Gasteiger partial charge on any atom is -0.271 e. The van der Waals surface area contributed by atoms with Crippen molar-refractivity contribution in [2.45, 2.75) is 25.7 Å². The molecule has 0 aliphatic rings. The molecule has 0 unspecified atom stereocenters. The average Bonchev–Trinajstić information content (AvgIpc) is 2.76. The van der Waals surface area contributed by atoms with E-state index in [-0.39, 0.29) is 0 Å². The molecule has 0 fully saturated rings. The molecule has 2 heterocycles. The number of nitrogens with zero attached hydrogens (tertiary/aromatic N) is 3. The second kappa shape index (κ2) is 4.70. The third kappa shape index (κ3) is 2.36. The zero-order valence-corrected chi connectivity index (χ0v) is 12.0. The Labute approximate surface area is 116 Å². The van der Waals surface area contributed by atoms with Crippen molar-refractivity contribution >= 4 is 23.0 Å². The summed E-state index contributed by atoms with van der Waals surface area (Å²) in [6.45, 7) is 6.05. The van der Waals surface area contributed by atoms with Crippen molar-refractivity contribution < 1.29 is 0 Å². The highest BCUT2D eigenvalue weighted by Gasteiger charge is 2.08. The maximum absolute atomic E-state index is 4.54. The molecule has 96 valence electrons. The summed E-state index contributed by atoms with van der Waals surface area (Å²) in [6.07, 6.45) is 2.05. The summed E-state index contributed by atoms with van der Waals surface area (Å²) in [5.74, 6) is 0.814. The normalized spacial score (nSPS) is 11.1. The summed E-state index contributed by atoms with van der Waals surface area (Å²) < 4.78 is 2.10. The Hall–Kier alpha value is -1.81. The van der Waals surface area contributed by atoms with E-state index in [2.05, 4.69) is 57.4 Å². The minimum atomic E-state index is 0.814. The molecule has 4 heteroatoms. The quantitative estimate of drug-likeness (QED) is 0.706. The topological polar surface area (TPSA) is 30.7 Å². The van der Waals surface area contributed by atoms with Crippen molar-refractivity contribution in [3.8, 4) is 0 Å². The summed E-state index contributed by atoms with van der Waals surface area (Å²) in [5, 5.41) is 1.12. The lowest BCUT2D eigenvalue weighted by atomic mass is 10.2. The molecular weight excluding hydrogens is 254 g/mol. The van der Waals surface area contributed by atoms with Crippen molar-refractivity contribution in [1.82, 2.24) is 13.9 Å². The molecular formula is C15H15N3S. The molecule has 3 nitrogen and oxygen atoms in total. The number of hydrogen-bond acceptors (Lipinski definition) is 3. The highest BCUT2D eigenvalue weighted by atomic mass is 32.2. The lowest BCUT2D eigenvalue weighted by molar-refractivity contribution is 1.04. The molecule has 0 radical (unpaired) electrons. The Bertz CT molecular complexity index is 729. The van der Waals surface area contributed by atoms with E-state index in [4.69, 9.17) is 0 Å². The van der Waals surface area contributed by atoms with Crippen molar-refractivity contribution in [3.05, 3.63) is 53.6 Å². The van der Waals surface area contributed by atoms with E-state index < -0.39 is 0 Å². The number of aromatic nitrogens is 3. The van der Waals surface area contributed by atoms with Crippen molar-refractivity contribution in [1.29, 1.82) is 0 Å². The van der Waals surface area contributed by atoms with Crippen LogP contribution in [0.4, 0.5) is 0 Å². The Morgan fingerprint density at radius 3 is 2.42 bits per heavy atom. The smallest absolute Gasteiger partial charge is 0.154 e. The van der Waals surface area contributed by atoms with Gasteiger partial charge in [0.05, 0.1) is 5.69 Å². The van der Waals surface area contributed by atoms with E-state index >= 15 is 0 Å². The van der Waals surface area contributed by atoms with Gasteiger partial charge in [0.2, 0.25) is 0 Å². The van der Waals surface area contributed by atoms with Crippen LogP contribution in [0.25, 0.3) is 11.0 Å². The van der Waals surface area contributed by atoms with Gasteiger partial charge >= 0.3 is 0 Å². The molecule has 1 aromatic carbocycles. The SMILES string of the molecule is Cc1ccc(Sn2ccc3c(C)nc(C)nc32)cc1. The largest absolute Gasteiger partial charge is 0.271 e. The molecule has 2 aromatic heterocycles. The van der Waals surface area contributed by atoms with Crippen LogP contribution in [0, 0.1) is 20.8 Å². The third-order valence-corrected chi connectivity index (χ3v) is 4.01. The van der Waals surface area contributed by atoms with E-state index in [1.807, 2.05) is 13.8 Å². The fourth-order valence-electron chi connectivity index (χ4n) is 2.07. The second-order valence-corrected chi connectivity index (χ2v) is 5.69. The van der Waals surface area contributed by atoms with Crippen LogP contribution in [0.3, 0.4) is 0 Å².